The highest BCUT2D eigenvalue weighted by molar-refractivity contribution is 6.03. The Morgan fingerprint density at radius 1 is 0.923 bits per heavy atom. The molecule has 3 aliphatic rings. The van der Waals surface area contributed by atoms with Gasteiger partial charge >= 0.3 is 6.09 Å². The summed E-state index contributed by atoms with van der Waals surface area (Å²) in [6.07, 6.45) is 11.2. The van der Waals surface area contributed by atoms with E-state index in [1.807, 2.05) is 69.3 Å². The third kappa shape index (κ3) is 10.7. The van der Waals surface area contributed by atoms with E-state index in [-0.39, 0.29) is 57.1 Å². The molecule has 11 heteroatoms. The second-order valence-corrected chi connectivity index (χ2v) is 18.2. The summed E-state index contributed by atoms with van der Waals surface area (Å²) in [7, 11) is 0. The molecule has 4 aromatic rings. The molecule has 1 aliphatic heterocycles. The number of aliphatic hydroxyl groups excluding tert-OH is 2. The maximum atomic E-state index is 14.9. The Labute approximate surface area is 383 Å². The van der Waals surface area contributed by atoms with Crippen molar-refractivity contribution in [1.82, 2.24) is 4.90 Å². The number of benzene rings is 4. The highest BCUT2D eigenvalue weighted by Gasteiger charge is 2.66. The smallest absolute Gasteiger partial charge is 0.410 e. The zero-order valence-corrected chi connectivity index (χ0v) is 38.0. The first-order chi connectivity index (χ1) is 31.5. The quantitative estimate of drug-likeness (QED) is 0.0363. The van der Waals surface area contributed by atoms with Gasteiger partial charge in [-0.3, -0.25) is 9.69 Å². The van der Waals surface area contributed by atoms with Gasteiger partial charge in [-0.05, 0) is 117 Å². The molecule has 1 heterocycles. The van der Waals surface area contributed by atoms with Crippen LogP contribution in [0.25, 0.3) is 10.8 Å². The van der Waals surface area contributed by atoms with Gasteiger partial charge < -0.3 is 34.0 Å². The topological polar surface area (TPSA) is 136 Å². The molecule has 344 valence electrons. The Morgan fingerprint density at radius 2 is 1.68 bits per heavy atom. The second-order valence-electron chi connectivity index (χ2n) is 18.2. The number of hydrogen-bond donors (Lipinski definition) is 2. The summed E-state index contributed by atoms with van der Waals surface area (Å²) >= 11 is 0. The molecule has 6 atom stereocenters. The number of nitrogens with zero attached hydrogens (tertiary/aromatic N) is 2. The molecule has 6 unspecified atom stereocenters. The van der Waals surface area contributed by atoms with Gasteiger partial charge in [0.2, 0.25) is 5.79 Å². The van der Waals surface area contributed by atoms with Crippen LogP contribution >= 0.6 is 0 Å². The average molecular weight is 885 g/mol. The maximum absolute atomic E-state index is 14.9. The number of oxime groups is 1. The lowest BCUT2D eigenvalue weighted by Gasteiger charge is -2.60. The van der Waals surface area contributed by atoms with Gasteiger partial charge in [0.25, 0.3) is 0 Å². The Kier molecular flexibility index (Phi) is 15.6. The number of aliphatic hydroxyl groups is 2. The molecular formula is C54H64N2O9. The molecule has 0 aromatic heterocycles. The molecule has 4 aromatic carbocycles. The average Bonchev–Trinajstić information content (AvgIpc) is 3.30. The van der Waals surface area contributed by atoms with E-state index >= 15 is 0 Å². The van der Waals surface area contributed by atoms with Gasteiger partial charge in [-0.25, -0.2) is 4.79 Å². The van der Waals surface area contributed by atoms with Gasteiger partial charge in [-0.2, -0.15) is 0 Å². The van der Waals surface area contributed by atoms with Crippen LogP contribution in [0.3, 0.4) is 0 Å². The first kappa shape index (κ1) is 47.2. The summed E-state index contributed by atoms with van der Waals surface area (Å²) in [5.74, 6) is -0.574. The number of amides is 1. The molecule has 2 aliphatic carbocycles. The lowest BCUT2D eigenvalue weighted by molar-refractivity contribution is -0.256. The zero-order valence-electron chi connectivity index (χ0n) is 38.0. The number of hydrogen-bond acceptors (Lipinski definition) is 10. The number of unbranched alkanes of at least 4 members (excludes halogenated alkanes) is 2. The van der Waals surface area contributed by atoms with E-state index in [9.17, 15) is 19.8 Å². The first-order valence-electron chi connectivity index (χ1n) is 23.0. The predicted molar refractivity (Wildman–Crippen MR) is 253 cm³/mol. The molecule has 0 bridgehead atoms. The maximum Gasteiger partial charge on any atom is 0.410 e. The zero-order chi connectivity index (χ0) is 46.0. The van der Waals surface area contributed by atoms with Crippen LogP contribution in [-0.2, 0) is 20.9 Å². The monoisotopic (exact) mass is 884 g/mol. The largest absolute Gasteiger partial charge is 0.459 e. The third-order valence-corrected chi connectivity index (χ3v) is 12.7. The fourth-order valence-corrected chi connectivity index (χ4v) is 9.92. The van der Waals surface area contributed by atoms with E-state index < -0.39 is 29.4 Å². The van der Waals surface area contributed by atoms with Crippen molar-refractivity contribution in [2.45, 2.75) is 102 Å². The van der Waals surface area contributed by atoms with E-state index in [1.54, 1.807) is 35.3 Å². The number of fused-ring (bicyclic) bond motifs is 3. The predicted octanol–water partition coefficient (Wildman–Crippen LogP) is 11.1. The molecule has 7 rings (SSSR count). The highest BCUT2D eigenvalue weighted by atomic mass is 16.7. The van der Waals surface area contributed by atoms with E-state index in [0.717, 1.165) is 59.4 Å². The lowest BCUT2D eigenvalue weighted by Crippen LogP contribution is -2.70. The molecule has 2 N–H and O–H groups in total. The summed E-state index contributed by atoms with van der Waals surface area (Å²) in [4.78, 5) is 34.7. The van der Waals surface area contributed by atoms with Crippen molar-refractivity contribution < 1.29 is 43.6 Å². The van der Waals surface area contributed by atoms with Gasteiger partial charge in [-0.15, -0.1) is 13.2 Å². The number of ether oxygens (including phenoxy) is 4. The molecule has 0 radical (unpaired) electrons. The SMILES string of the molecule is C=CCCOC(=O)N(Cc1cccc2ccccc12)C1CC(=NOC(C)(C)C)C2=CC(CCCCO)C(CCCCO)C3c4cc(Oc5cccc(C=O)c5)ccc4OC1(OCC=C)C23. The number of allylic oxidation sites excluding steroid dienone is 1. The summed E-state index contributed by atoms with van der Waals surface area (Å²) in [5.41, 5.74) is 3.32. The van der Waals surface area contributed by atoms with Gasteiger partial charge in [0.15, 0.2) is 0 Å². The summed E-state index contributed by atoms with van der Waals surface area (Å²) in [6.45, 7) is 14.4. The van der Waals surface area contributed by atoms with Crippen LogP contribution < -0.4 is 9.47 Å². The molecule has 11 nitrogen and oxygen atoms in total. The van der Waals surface area contributed by atoms with Crippen molar-refractivity contribution in [2.75, 3.05) is 26.4 Å². The Morgan fingerprint density at radius 3 is 2.43 bits per heavy atom. The molecule has 0 spiro atoms. The number of aldehydes is 1. The molecule has 1 saturated carbocycles. The number of rotatable bonds is 21. The van der Waals surface area contributed by atoms with Crippen LogP contribution in [0.5, 0.6) is 17.2 Å². The minimum Gasteiger partial charge on any atom is -0.459 e. The van der Waals surface area contributed by atoms with Crippen molar-refractivity contribution in [3.8, 4) is 17.2 Å². The van der Waals surface area contributed by atoms with Gasteiger partial charge in [0.1, 0.15) is 35.2 Å². The van der Waals surface area contributed by atoms with Crippen LogP contribution in [-0.4, -0.2) is 77.1 Å². The van der Waals surface area contributed by atoms with E-state index in [2.05, 4.69) is 37.4 Å². The Hall–Kier alpha value is -5.75. The molecule has 1 fully saturated rings. The van der Waals surface area contributed by atoms with Crippen LogP contribution in [0.15, 0.2) is 127 Å². The summed E-state index contributed by atoms with van der Waals surface area (Å²) in [6, 6.07) is 26.3. The third-order valence-electron chi connectivity index (χ3n) is 12.7. The Balaban J connectivity index is 1.48. The van der Waals surface area contributed by atoms with Crippen LogP contribution in [0.2, 0.25) is 0 Å². The standard InChI is InChI=1S/C54H64N2O9/c1-6-8-30-61-52(60)56(35-40-21-16-20-38-18-9-10-23-43(38)40)49-34-47(55-65-53(3,4)5)45-32-39(19-11-13-27-57)44(24-12-14-28-58)50-46-33-42(63-41-22-15-17-37(31-41)36-59)25-26-48(46)64-54(49,51(45)50)62-29-7-2/h6-7,9-10,15-18,20-23,25-26,31-33,36,39,44,49-51,57-58H,1-2,8,11-14,19,24,27-30,34-35H2,3-5H3. The van der Waals surface area contributed by atoms with Gasteiger partial charge in [0.05, 0.1) is 31.4 Å². The highest BCUT2D eigenvalue weighted by Crippen LogP contribution is 2.62. The van der Waals surface area contributed by atoms with Crippen LogP contribution in [0.4, 0.5) is 4.79 Å². The van der Waals surface area contributed by atoms with E-state index in [4.69, 9.17) is 28.9 Å². The second kappa shape index (κ2) is 21.5. The van der Waals surface area contributed by atoms with Crippen molar-refractivity contribution in [3.05, 3.63) is 139 Å². The lowest BCUT2D eigenvalue weighted by atomic mass is 9.55. The Bertz CT molecular complexity index is 2360. The fourth-order valence-electron chi connectivity index (χ4n) is 9.92. The molecule has 65 heavy (non-hydrogen) atoms. The molecular weight excluding hydrogens is 821 g/mol. The number of carbonyl (C=O) groups is 2. The van der Waals surface area contributed by atoms with Gasteiger partial charge in [0, 0.05) is 36.7 Å². The summed E-state index contributed by atoms with van der Waals surface area (Å²) in [5, 5.41) is 27.0. The van der Waals surface area contributed by atoms with Crippen LogP contribution in [0, 0.1) is 17.8 Å². The van der Waals surface area contributed by atoms with Gasteiger partial charge in [-0.1, -0.05) is 90.8 Å². The van der Waals surface area contributed by atoms with Crippen LogP contribution in [0.1, 0.15) is 99.5 Å². The van der Waals surface area contributed by atoms with Crippen molar-refractivity contribution in [2.24, 2.45) is 22.9 Å². The van der Waals surface area contributed by atoms with Crippen molar-refractivity contribution in [3.63, 3.8) is 0 Å². The minimum atomic E-state index is -1.49. The summed E-state index contributed by atoms with van der Waals surface area (Å²) < 4.78 is 27.2. The fraction of sp³-hybridized carbons (Fsp3) is 0.426. The van der Waals surface area contributed by atoms with E-state index in [1.165, 1.54) is 0 Å². The first-order valence-corrected chi connectivity index (χ1v) is 23.0. The minimum absolute atomic E-state index is 0.00610. The molecule has 0 saturated heterocycles. The van der Waals surface area contributed by atoms with Crippen molar-refractivity contribution in [1.29, 1.82) is 0 Å². The number of carbonyl (C=O) groups excluding carboxylic acids is 2. The van der Waals surface area contributed by atoms with Crippen molar-refractivity contribution >= 4 is 28.9 Å². The molecule has 1 amide bonds. The normalized spacial score (nSPS) is 22.8. The van der Waals surface area contributed by atoms with E-state index in [0.29, 0.717) is 47.8 Å².